The number of hydrogen-bond acceptors (Lipinski definition) is 5. The number of imidazole rings is 1. The van der Waals surface area contributed by atoms with E-state index in [9.17, 15) is 0 Å². The number of piperazine rings is 1. The van der Waals surface area contributed by atoms with Gasteiger partial charge in [0.2, 0.25) is 0 Å². The molecular formula is C18H22ClN5O. The van der Waals surface area contributed by atoms with Crippen molar-refractivity contribution in [3.63, 3.8) is 0 Å². The third kappa shape index (κ3) is 3.76. The van der Waals surface area contributed by atoms with Crippen molar-refractivity contribution in [2.24, 2.45) is 7.05 Å². The molecule has 7 heteroatoms. The molecule has 0 amide bonds. The summed E-state index contributed by atoms with van der Waals surface area (Å²) in [4.78, 5) is 6.93. The molecule has 1 fully saturated rings. The smallest absolute Gasteiger partial charge is 0.167 e. The molecule has 6 nitrogen and oxygen atoms in total. The summed E-state index contributed by atoms with van der Waals surface area (Å²) in [5.41, 5.74) is 2.01. The fraction of sp³-hybridized carbons (Fsp3) is 0.333. The molecular weight excluding hydrogens is 338 g/mol. The van der Waals surface area contributed by atoms with E-state index < -0.39 is 0 Å². The van der Waals surface area contributed by atoms with Crippen LogP contribution >= 0.6 is 12.4 Å². The first-order chi connectivity index (χ1) is 11.8. The maximum Gasteiger partial charge on any atom is 0.167 e. The Bertz CT molecular complexity index is 801. The van der Waals surface area contributed by atoms with Crippen LogP contribution in [-0.4, -0.2) is 39.2 Å². The summed E-state index contributed by atoms with van der Waals surface area (Å²) in [6.07, 6.45) is 3.84. The monoisotopic (exact) mass is 359 g/mol. The summed E-state index contributed by atoms with van der Waals surface area (Å²) < 4.78 is 7.61. The lowest BCUT2D eigenvalue weighted by Gasteiger charge is -2.35. The van der Waals surface area contributed by atoms with Crippen molar-refractivity contribution in [3.05, 3.63) is 60.3 Å². The summed E-state index contributed by atoms with van der Waals surface area (Å²) in [6.45, 7) is 3.60. The zero-order chi connectivity index (χ0) is 16.4. The molecule has 4 rings (SSSR count). The van der Waals surface area contributed by atoms with Gasteiger partial charge >= 0.3 is 0 Å². The Morgan fingerprint density at radius 2 is 2.12 bits per heavy atom. The number of halogens is 1. The number of benzene rings is 1. The Kier molecular flexibility index (Phi) is 5.53. The Labute approximate surface area is 153 Å². The number of aryl methyl sites for hydroxylation is 1. The first kappa shape index (κ1) is 17.7. The predicted octanol–water partition coefficient (Wildman–Crippen LogP) is 2.64. The van der Waals surface area contributed by atoms with Crippen LogP contribution in [0.15, 0.2) is 53.3 Å². The summed E-state index contributed by atoms with van der Waals surface area (Å²) >= 11 is 0. The highest BCUT2D eigenvalue weighted by atomic mass is 35.5. The minimum atomic E-state index is 0. The van der Waals surface area contributed by atoms with Crippen LogP contribution in [0.3, 0.4) is 0 Å². The first-order valence-electron chi connectivity index (χ1n) is 8.24. The summed E-state index contributed by atoms with van der Waals surface area (Å²) in [7, 11) is 2.04. The lowest BCUT2D eigenvalue weighted by atomic mass is 10.1. The van der Waals surface area contributed by atoms with Gasteiger partial charge in [-0.25, -0.2) is 4.98 Å². The normalized spacial score (nSPS) is 18.0. The second-order valence-electron chi connectivity index (χ2n) is 6.14. The molecule has 0 aliphatic carbocycles. The highest BCUT2D eigenvalue weighted by Crippen LogP contribution is 2.25. The minimum Gasteiger partial charge on any atom is -0.356 e. The molecule has 0 spiro atoms. The van der Waals surface area contributed by atoms with Crippen molar-refractivity contribution in [2.45, 2.75) is 12.6 Å². The fourth-order valence-electron chi connectivity index (χ4n) is 3.22. The zero-order valence-corrected chi connectivity index (χ0v) is 14.9. The standard InChI is InChI=1S/C18H21N5O.ClH/c1-22-9-8-20-18(22)16-12-19-7-10-23(16)13-15-11-17(24-21-15)14-5-3-2-4-6-14;/h2-6,8-9,11,16,19H,7,10,12-13H2,1H3;1H. The molecule has 1 aliphatic heterocycles. The van der Waals surface area contributed by atoms with Gasteiger partial charge in [-0.1, -0.05) is 35.5 Å². The molecule has 25 heavy (non-hydrogen) atoms. The molecule has 0 radical (unpaired) electrons. The molecule has 132 valence electrons. The number of nitrogens with zero attached hydrogens (tertiary/aromatic N) is 4. The average Bonchev–Trinajstić information content (AvgIpc) is 3.25. The van der Waals surface area contributed by atoms with Crippen LogP contribution < -0.4 is 5.32 Å². The first-order valence-corrected chi connectivity index (χ1v) is 8.24. The van der Waals surface area contributed by atoms with Gasteiger partial charge in [-0.05, 0) is 0 Å². The van der Waals surface area contributed by atoms with Gasteiger partial charge in [-0.15, -0.1) is 12.4 Å². The third-order valence-corrected chi connectivity index (χ3v) is 4.49. The number of aromatic nitrogens is 3. The largest absolute Gasteiger partial charge is 0.356 e. The molecule has 1 aliphatic rings. The quantitative estimate of drug-likeness (QED) is 0.776. The van der Waals surface area contributed by atoms with E-state index in [2.05, 4.69) is 24.9 Å². The van der Waals surface area contributed by atoms with Crippen molar-refractivity contribution in [2.75, 3.05) is 19.6 Å². The Hall–Kier alpha value is -2.15. The predicted molar refractivity (Wildman–Crippen MR) is 98.4 cm³/mol. The number of rotatable bonds is 4. The van der Waals surface area contributed by atoms with Gasteiger partial charge in [-0.3, -0.25) is 4.90 Å². The van der Waals surface area contributed by atoms with Crippen LogP contribution in [0.25, 0.3) is 11.3 Å². The number of hydrogen-bond donors (Lipinski definition) is 1. The topological polar surface area (TPSA) is 59.1 Å². The van der Waals surface area contributed by atoms with E-state index in [-0.39, 0.29) is 18.4 Å². The van der Waals surface area contributed by atoms with Crippen molar-refractivity contribution < 1.29 is 4.52 Å². The van der Waals surface area contributed by atoms with Gasteiger partial charge in [0, 0.05) is 57.3 Å². The maximum atomic E-state index is 5.53. The zero-order valence-electron chi connectivity index (χ0n) is 14.1. The molecule has 1 aromatic carbocycles. The highest BCUT2D eigenvalue weighted by Gasteiger charge is 2.27. The van der Waals surface area contributed by atoms with Crippen LogP contribution in [0, 0.1) is 0 Å². The SMILES string of the molecule is Cl.Cn1ccnc1C1CNCCN1Cc1cc(-c2ccccc2)on1. The lowest BCUT2D eigenvalue weighted by Crippen LogP contribution is -2.46. The van der Waals surface area contributed by atoms with Crippen LogP contribution in [0.4, 0.5) is 0 Å². The summed E-state index contributed by atoms with van der Waals surface area (Å²) in [5.74, 6) is 1.89. The Morgan fingerprint density at radius 1 is 1.28 bits per heavy atom. The molecule has 0 saturated carbocycles. The molecule has 1 unspecified atom stereocenters. The Morgan fingerprint density at radius 3 is 2.88 bits per heavy atom. The number of nitrogens with one attached hydrogen (secondary N) is 1. The van der Waals surface area contributed by atoms with E-state index in [1.54, 1.807) is 0 Å². The molecule has 1 atom stereocenters. The van der Waals surface area contributed by atoms with Gasteiger partial charge in [0.1, 0.15) is 5.82 Å². The molecule has 3 aromatic rings. The lowest BCUT2D eigenvalue weighted by molar-refractivity contribution is 0.141. The van der Waals surface area contributed by atoms with Crippen molar-refractivity contribution in [1.29, 1.82) is 0 Å². The summed E-state index contributed by atoms with van der Waals surface area (Å²) in [6, 6.07) is 12.4. The van der Waals surface area contributed by atoms with Crippen LogP contribution in [-0.2, 0) is 13.6 Å². The van der Waals surface area contributed by atoms with E-state index in [1.807, 2.05) is 55.8 Å². The van der Waals surface area contributed by atoms with E-state index in [0.29, 0.717) is 0 Å². The van der Waals surface area contributed by atoms with Gasteiger partial charge in [0.15, 0.2) is 5.76 Å². The molecule has 3 heterocycles. The second kappa shape index (κ2) is 7.82. The summed E-state index contributed by atoms with van der Waals surface area (Å²) in [5, 5.41) is 7.72. The van der Waals surface area contributed by atoms with Gasteiger partial charge in [-0.2, -0.15) is 0 Å². The van der Waals surface area contributed by atoms with Crippen molar-refractivity contribution in [3.8, 4) is 11.3 Å². The van der Waals surface area contributed by atoms with Gasteiger partial charge in [0.25, 0.3) is 0 Å². The fourth-order valence-corrected chi connectivity index (χ4v) is 3.22. The van der Waals surface area contributed by atoms with Crippen LogP contribution in [0.2, 0.25) is 0 Å². The van der Waals surface area contributed by atoms with E-state index in [1.165, 1.54) is 0 Å². The molecule has 0 bridgehead atoms. The Balaban J connectivity index is 0.00000182. The van der Waals surface area contributed by atoms with Crippen molar-refractivity contribution >= 4 is 12.4 Å². The average molecular weight is 360 g/mol. The molecule has 1 N–H and O–H groups in total. The maximum absolute atomic E-state index is 5.53. The van der Waals surface area contributed by atoms with Crippen molar-refractivity contribution in [1.82, 2.24) is 24.9 Å². The highest BCUT2D eigenvalue weighted by molar-refractivity contribution is 5.85. The van der Waals surface area contributed by atoms with Crippen LogP contribution in [0.1, 0.15) is 17.6 Å². The van der Waals surface area contributed by atoms with Gasteiger partial charge in [0.05, 0.1) is 11.7 Å². The van der Waals surface area contributed by atoms with E-state index in [0.717, 1.165) is 49.0 Å². The van der Waals surface area contributed by atoms with E-state index in [4.69, 9.17) is 4.52 Å². The van der Waals surface area contributed by atoms with Crippen LogP contribution in [0.5, 0.6) is 0 Å². The second-order valence-corrected chi connectivity index (χ2v) is 6.14. The third-order valence-electron chi connectivity index (χ3n) is 4.49. The minimum absolute atomic E-state index is 0. The van der Waals surface area contributed by atoms with E-state index >= 15 is 0 Å². The molecule has 2 aromatic heterocycles. The van der Waals surface area contributed by atoms with Gasteiger partial charge < -0.3 is 14.4 Å². The molecule has 1 saturated heterocycles.